The normalized spacial score (nSPS) is 24.6. The number of hydrogen-bond acceptors (Lipinski definition) is 9. The van der Waals surface area contributed by atoms with Gasteiger partial charge < -0.3 is 25.3 Å². The fourth-order valence-electron chi connectivity index (χ4n) is 3.15. The molecule has 25 heavy (non-hydrogen) atoms. The van der Waals surface area contributed by atoms with Gasteiger partial charge in [0.1, 0.15) is 0 Å². The lowest BCUT2D eigenvalue weighted by molar-refractivity contribution is -0.181. The first kappa shape index (κ1) is 17.5. The number of anilines is 1. The molecule has 10 heteroatoms. The third-order valence-electron chi connectivity index (χ3n) is 4.45. The number of morpholine rings is 1. The number of methoxy groups -OCH3 is 1. The van der Waals surface area contributed by atoms with Crippen LogP contribution in [-0.4, -0.2) is 66.1 Å². The quantitative estimate of drug-likeness (QED) is 0.514. The first-order chi connectivity index (χ1) is 12.1. The lowest BCUT2D eigenvalue weighted by Crippen LogP contribution is -2.61. The van der Waals surface area contributed by atoms with E-state index in [9.17, 15) is 9.59 Å². The van der Waals surface area contributed by atoms with E-state index < -0.39 is 17.5 Å². The van der Waals surface area contributed by atoms with Crippen LogP contribution < -0.4 is 11.1 Å². The minimum Gasteiger partial charge on any atom is -0.466 e. The van der Waals surface area contributed by atoms with E-state index in [1.54, 1.807) is 0 Å². The zero-order valence-corrected chi connectivity index (χ0v) is 14.0. The molecule has 136 valence electrons. The minimum atomic E-state index is -1.79. The number of carbonyl (C=O) groups is 2. The number of nitrogens with one attached hydrogen (secondary N) is 1. The van der Waals surface area contributed by atoms with Gasteiger partial charge in [0.2, 0.25) is 11.5 Å². The second-order valence-corrected chi connectivity index (χ2v) is 5.99. The van der Waals surface area contributed by atoms with Gasteiger partial charge in [-0.3, -0.25) is 4.79 Å². The number of aromatic nitrogens is 3. The van der Waals surface area contributed by atoms with Gasteiger partial charge in [-0.25, -0.2) is 9.78 Å². The predicted molar refractivity (Wildman–Crippen MR) is 84.4 cm³/mol. The summed E-state index contributed by atoms with van der Waals surface area (Å²) < 4.78 is 15.8. The van der Waals surface area contributed by atoms with Gasteiger partial charge in [-0.2, -0.15) is 0 Å². The Labute approximate surface area is 144 Å². The maximum absolute atomic E-state index is 12.4. The summed E-state index contributed by atoms with van der Waals surface area (Å²) in [5.74, 6) is -1.21. The second kappa shape index (κ2) is 7.28. The van der Waals surface area contributed by atoms with Crippen LogP contribution in [-0.2, 0) is 30.2 Å². The Balaban J connectivity index is 1.97. The van der Waals surface area contributed by atoms with Crippen molar-refractivity contribution in [2.45, 2.75) is 30.8 Å². The number of ether oxygens (including phenoxy) is 3. The summed E-state index contributed by atoms with van der Waals surface area (Å²) in [5, 5.41) is 10.5. The van der Waals surface area contributed by atoms with E-state index in [1.165, 1.54) is 7.11 Å². The summed E-state index contributed by atoms with van der Waals surface area (Å²) >= 11 is 0. The molecule has 0 saturated carbocycles. The molecule has 1 aromatic rings. The molecular formula is C15H21N5O5. The lowest BCUT2D eigenvalue weighted by atomic mass is 9.89. The van der Waals surface area contributed by atoms with Crippen molar-refractivity contribution in [3.05, 3.63) is 11.4 Å². The molecular weight excluding hydrogens is 330 g/mol. The fourth-order valence-corrected chi connectivity index (χ4v) is 3.15. The smallest absolute Gasteiger partial charge is 0.348 e. The first-order valence-electron chi connectivity index (χ1n) is 8.14. The molecule has 2 aliphatic heterocycles. The molecule has 0 aromatic carbocycles. The maximum atomic E-state index is 12.4. The number of amides is 1. The maximum Gasteiger partial charge on any atom is 0.348 e. The van der Waals surface area contributed by atoms with E-state index in [1.807, 2.05) is 0 Å². The van der Waals surface area contributed by atoms with Crippen molar-refractivity contribution in [3.63, 3.8) is 0 Å². The topological polar surface area (TPSA) is 139 Å². The Bertz CT molecular complexity index is 654. The third-order valence-corrected chi connectivity index (χ3v) is 4.45. The molecule has 0 bridgehead atoms. The molecule has 1 amide bonds. The standard InChI is InChI=1S/C15H21N5O5/c1-23-13(22)15(12(21)17-4-7-25-15)8-10-11(18-14(16)20-19-10)9-2-5-24-6-3-9/h9H,2-8H2,1H3,(H,17,21)(H2,16,18,20). The van der Waals surface area contributed by atoms with E-state index in [0.29, 0.717) is 31.1 Å². The largest absolute Gasteiger partial charge is 0.466 e. The number of esters is 1. The Morgan fingerprint density at radius 3 is 2.80 bits per heavy atom. The van der Waals surface area contributed by atoms with E-state index in [0.717, 1.165) is 12.8 Å². The van der Waals surface area contributed by atoms with E-state index in [-0.39, 0.29) is 24.9 Å². The van der Waals surface area contributed by atoms with Crippen molar-refractivity contribution in [2.24, 2.45) is 0 Å². The Kier molecular flexibility index (Phi) is 5.09. The van der Waals surface area contributed by atoms with Gasteiger partial charge in [0.15, 0.2) is 0 Å². The lowest BCUT2D eigenvalue weighted by Gasteiger charge is -2.33. The van der Waals surface area contributed by atoms with Gasteiger partial charge in [-0.05, 0) is 12.8 Å². The van der Waals surface area contributed by atoms with Crippen molar-refractivity contribution in [2.75, 3.05) is 39.2 Å². The highest BCUT2D eigenvalue weighted by atomic mass is 16.6. The average Bonchev–Trinajstić information content (AvgIpc) is 2.65. The van der Waals surface area contributed by atoms with Crippen LogP contribution in [0.15, 0.2) is 0 Å². The molecule has 2 aliphatic rings. The fraction of sp³-hybridized carbons (Fsp3) is 0.667. The van der Waals surface area contributed by atoms with Crippen LogP contribution in [0.25, 0.3) is 0 Å². The van der Waals surface area contributed by atoms with Gasteiger partial charge in [0.25, 0.3) is 5.91 Å². The summed E-state index contributed by atoms with van der Waals surface area (Å²) in [6.07, 6.45) is 1.39. The van der Waals surface area contributed by atoms with Crippen LogP contribution in [0.5, 0.6) is 0 Å². The Morgan fingerprint density at radius 2 is 2.12 bits per heavy atom. The first-order valence-corrected chi connectivity index (χ1v) is 8.14. The number of nitrogen functional groups attached to an aromatic ring is 1. The van der Waals surface area contributed by atoms with Crippen LogP contribution in [0.1, 0.15) is 30.1 Å². The van der Waals surface area contributed by atoms with Crippen molar-refractivity contribution in [1.29, 1.82) is 0 Å². The van der Waals surface area contributed by atoms with Crippen LogP contribution >= 0.6 is 0 Å². The molecule has 2 saturated heterocycles. The molecule has 3 N–H and O–H groups in total. The summed E-state index contributed by atoms with van der Waals surface area (Å²) in [5.41, 5.74) is 4.94. The summed E-state index contributed by atoms with van der Waals surface area (Å²) in [4.78, 5) is 29.1. The number of nitrogens with two attached hydrogens (primary N) is 1. The van der Waals surface area contributed by atoms with Gasteiger partial charge in [-0.15, -0.1) is 10.2 Å². The minimum absolute atomic E-state index is 0.0476. The average molecular weight is 351 g/mol. The van der Waals surface area contributed by atoms with E-state index >= 15 is 0 Å². The molecule has 10 nitrogen and oxygen atoms in total. The van der Waals surface area contributed by atoms with Crippen LogP contribution in [0.2, 0.25) is 0 Å². The van der Waals surface area contributed by atoms with Crippen LogP contribution in [0.4, 0.5) is 5.95 Å². The van der Waals surface area contributed by atoms with Gasteiger partial charge >= 0.3 is 5.97 Å². The highest BCUT2D eigenvalue weighted by Gasteiger charge is 2.51. The molecule has 2 fully saturated rings. The molecule has 1 atom stereocenters. The van der Waals surface area contributed by atoms with Crippen molar-refractivity contribution < 1.29 is 23.8 Å². The molecule has 0 radical (unpaired) electrons. The zero-order chi connectivity index (χ0) is 17.9. The molecule has 0 aliphatic carbocycles. The van der Waals surface area contributed by atoms with Gasteiger partial charge in [0, 0.05) is 32.1 Å². The van der Waals surface area contributed by atoms with Crippen molar-refractivity contribution >= 4 is 17.8 Å². The molecule has 1 aromatic heterocycles. The predicted octanol–water partition coefficient (Wildman–Crippen LogP) is -1.05. The third kappa shape index (κ3) is 3.40. The highest BCUT2D eigenvalue weighted by Crippen LogP contribution is 2.30. The number of nitrogens with zero attached hydrogens (tertiary/aromatic N) is 3. The van der Waals surface area contributed by atoms with E-state index in [4.69, 9.17) is 19.9 Å². The molecule has 0 spiro atoms. The van der Waals surface area contributed by atoms with E-state index in [2.05, 4.69) is 20.5 Å². The monoisotopic (exact) mass is 351 g/mol. The Hall–Kier alpha value is -2.33. The van der Waals surface area contributed by atoms with Crippen molar-refractivity contribution in [3.8, 4) is 0 Å². The number of hydrogen-bond donors (Lipinski definition) is 2. The molecule has 1 unspecified atom stereocenters. The van der Waals surface area contributed by atoms with Gasteiger partial charge in [-0.1, -0.05) is 0 Å². The van der Waals surface area contributed by atoms with Crippen LogP contribution in [0, 0.1) is 0 Å². The Morgan fingerprint density at radius 1 is 1.36 bits per heavy atom. The summed E-state index contributed by atoms with van der Waals surface area (Å²) in [7, 11) is 1.21. The van der Waals surface area contributed by atoms with Gasteiger partial charge in [0.05, 0.1) is 25.1 Å². The van der Waals surface area contributed by atoms with Crippen molar-refractivity contribution in [1.82, 2.24) is 20.5 Å². The number of rotatable bonds is 4. The summed E-state index contributed by atoms with van der Waals surface area (Å²) in [6.45, 7) is 1.74. The SMILES string of the molecule is COC(=O)C1(Cc2nnc(N)nc2C2CCOCC2)OCCNC1=O. The van der Waals surface area contributed by atoms with Crippen LogP contribution in [0.3, 0.4) is 0 Å². The number of carbonyl (C=O) groups excluding carboxylic acids is 2. The highest BCUT2D eigenvalue weighted by molar-refractivity contribution is 6.06. The summed E-state index contributed by atoms with van der Waals surface area (Å²) in [6, 6.07) is 0. The molecule has 3 heterocycles. The second-order valence-electron chi connectivity index (χ2n) is 5.99. The molecule has 3 rings (SSSR count). The zero-order valence-electron chi connectivity index (χ0n) is 14.0.